The van der Waals surface area contributed by atoms with Gasteiger partial charge in [-0.3, -0.25) is 0 Å². The van der Waals surface area contributed by atoms with Crippen LogP contribution in [0.1, 0.15) is 40.8 Å². The van der Waals surface area contributed by atoms with Crippen molar-refractivity contribution in [3.8, 4) is 5.75 Å². The van der Waals surface area contributed by atoms with Crippen LogP contribution in [-0.4, -0.2) is 21.2 Å². The molecule has 0 spiro atoms. The molecule has 1 aromatic heterocycles. The van der Waals surface area contributed by atoms with Gasteiger partial charge in [-0.25, -0.2) is 4.79 Å². The summed E-state index contributed by atoms with van der Waals surface area (Å²) in [6, 6.07) is 4.55. The van der Waals surface area contributed by atoms with Gasteiger partial charge < -0.3 is 14.4 Å². The predicted octanol–water partition coefficient (Wildman–Crippen LogP) is 2.99. The Morgan fingerprint density at radius 3 is 2.95 bits per heavy atom. The van der Waals surface area contributed by atoms with E-state index in [9.17, 15) is 4.79 Å². The molecule has 0 aliphatic heterocycles. The van der Waals surface area contributed by atoms with Crippen LogP contribution in [0.25, 0.3) is 0 Å². The average Bonchev–Trinajstić information content (AvgIpc) is 3.17. The Kier molecular flexibility index (Phi) is 3.43. The molecule has 0 radical (unpaired) electrons. The standard InChI is InChI=1S/C13H11BrN2O4/c14-9-5-8(13(17)18)3-4-10(9)19-6-11-15-12(16-20-11)7-1-2-7/h3-5,7H,1-2,6H2,(H,17,18). The third-order valence-electron chi connectivity index (χ3n) is 2.96. The van der Waals surface area contributed by atoms with Crippen LogP contribution >= 0.6 is 15.9 Å². The molecular weight excluding hydrogens is 328 g/mol. The summed E-state index contributed by atoms with van der Waals surface area (Å²) >= 11 is 3.27. The van der Waals surface area contributed by atoms with E-state index in [0.717, 1.165) is 18.7 Å². The van der Waals surface area contributed by atoms with Gasteiger partial charge in [0.2, 0.25) is 0 Å². The third kappa shape index (κ3) is 2.82. The number of aromatic carboxylic acids is 1. The minimum absolute atomic E-state index is 0.157. The molecule has 1 saturated carbocycles. The Bertz CT molecular complexity index is 652. The van der Waals surface area contributed by atoms with Crippen molar-refractivity contribution in [3.05, 3.63) is 40.0 Å². The minimum atomic E-state index is -0.983. The maximum Gasteiger partial charge on any atom is 0.335 e. The average molecular weight is 339 g/mol. The van der Waals surface area contributed by atoms with Gasteiger partial charge in [0, 0.05) is 5.92 Å². The second-order valence-electron chi connectivity index (χ2n) is 4.56. The topological polar surface area (TPSA) is 85.5 Å². The van der Waals surface area contributed by atoms with Crippen LogP contribution in [0, 0.1) is 0 Å². The number of carboxylic acids is 1. The zero-order chi connectivity index (χ0) is 14.1. The molecule has 1 aliphatic carbocycles. The predicted molar refractivity (Wildman–Crippen MR) is 71.7 cm³/mol. The Morgan fingerprint density at radius 1 is 1.50 bits per heavy atom. The zero-order valence-electron chi connectivity index (χ0n) is 10.4. The first-order valence-corrected chi connectivity index (χ1v) is 6.91. The molecule has 104 valence electrons. The van der Waals surface area contributed by atoms with Crippen LogP contribution in [-0.2, 0) is 6.61 Å². The molecule has 1 heterocycles. The number of hydrogen-bond acceptors (Lipinski definition) is 5. The van der Waals surface area contributed by atoms with E-state index in [-0.39, 0.29) is 12.2 Å². The molecule has 3 rings (SSSR count). The van der Waals surface area contributed by atoms with Gasteiger partial charge in [0.25, 0.3) is 5.89 Å². The van der Waals surface area contributed by atoms with Crippen molar-refractivity contribution >= 4 is 21.9 Å². The molecule has 7 heteroatoms. The highest BCUT2D eigenvalue weighted by molar-refractivity contribution is 9.10. The number of nitrogens with zero attached hydrogens (tertiary/aromatic N) is 2. The molecule has 0 atom stereocenters. The second kappa shape index (κ2) is 5.24. The summed E-state index contributed by atoms with van der Waals surface area (Å²) in [5.41, 5.74) is 0.193. The lowest BCUT2D eigenvalue weighted by molar-refractivity contribution is 0.0696. The molecule has 0 amide bonds. The number of hydrogen-bond donors (Lipinski definition) is 1. The van der Waals surface area contributed by atoms with Crippen molar-refractivity contribution in [1.29, 1.82) is 0 Å². The molecule has 6 nitrogen and oxygen atoms in total. The highest BCUT2D eigenvalue weighted by Gasteiger charge is 2.28. The fraction of sp³-hybridized carbons (Fsp3) is 0.308. The monoisotopic (exact) mass is 338 g/mol. The first-order chi connectivity index (χ1) is 9.63. The summed E-state index contributed by atoms with van der Waals surface area (Å²) in [5, 5.41) is 12.8. The number of halogens is 1. The van der Waals surface area contributed by atoms with Crippen molar-refractivity contribution < 1.29 is 19.2 Å². The normalized spacial score (nSPS) is 14.2. The first kappa shape index (κ1) is 13.1. The first-order valence-electron chi connectivity index (χ1n) is 6.11. The summed E-state index contributed by atoms with van der Waals surface area (Å²) in [6.07, 6.45) is 2.23. The van der Waals surface area contributed by atoms with E-state index < -0.39 is 5.97 Å². The van der Waals surface area contributed by atoms with Crippen LogP contribution in [0.15, 0.2) is 27.2 Å². The van der Waals surface area contributed by atoms with Crippen molar-refractivity contribution in [2.45, 2.75) is 25.4 Å². The number of carbonyl (C=O) groups is 1. The number of aromatic nitrogens is 2. The lowest BCUT2D eigenvalue weighted by Gasteiger charge is -2.06. The van der Waals surface area contributed by atoms with Gasteiger partial charge in [-0.1, -0.05) is 5.16 Å². The van der Waals surface area contributed by atoms with Crippen molar-refractivity contribution in [2.75, 3.05) is 0 Å². The van der Waals surface area contributed by atoms with Crippen LogP contribution in [0.2, 0.25) is 0 Å². The maximum absolute atomic E-state index is 10.8. The van der Waals surface area contributed by atoms with E-state index in [2.05, 4.69) is 26.1 Å². The summed E-state index contributed by atoms with van der Waals surface area (Å²) < 4.78 is 11.2. The minimum Gasteiger partial charge on any atom is -0.483 e. The molecular formula is C13H11BrN2O4. The Balaban J connectivity index is 1.66. The molecule has 1 fully saturated rings. The van der Waals surface area contributed by atoms with Crippen molar-refractivity contribution in [2.24, 2.45) is 0 Å². The smallest absolute Gasteiger partial charge is 0.335 e. The molecule has 20 heavy (non-hydrogen) atoms. The number of ether oxygens (including phenoxy) is 1. The zero-order valence-corrected chi connectivity index (χ0v) is 12.0. The second-order valence-corrected chi connectivity index (χ2v) is 5.41. The van der Waals surface area contributed by atoms with E-state index in [1.54, 1.807) is 6.07 Å². The number of carboxylic acid groups (broad SMARTS) is 1. The summed E-state index contributed by atoms with van der Waals surface area (Å²) in [6.45, 7) is 0.157. The third-order valence-corrected chi connectivity index (χ3v) is 3.58. The number of benzene rings is 1. The van der Waals surface area contributed by atoms with Gasteiger partial charge in [-0.2, -0.15) is 4.98 Å². The largest absolute Gasteiger partial charge is 0.483 e. The van der Waals surface area contributed by atoms with E-state index in [1.165, 1.54) is 12.1 Å². The van der Waals surface area contributed by atoms with Crippen LogP contribution < -0.4 is 4.74 Å². The quantitative estimate of drug-likeness (QED) is 0.901. The van der Waals surface area contributed by atoms with E-state index in [1.807, 2.05) is 0 Å². The Morgan fingerprint density at radius 2 is 2.30 bits per heavy atom. The fourth-order valence-corrected chi connectivity index (χ4v) is 2.22. The molecule has 1 aliphatic rings. The van der Waals surface area contributed by atoms with Gasteiger partial charge in [0.15, 0.2) is 12.4 Å². The Labute approximate surface area is 122 Å². The molecule has 0 saturated heterocycles. The Hall–Kier alpha value is -1.89. The van der Waals surface area contributed by atoms with Crippen LogP contribution in [0.4, 0.5) is 0 Å². The van der Waals surface area contributed by atoms with Crippen molar-refractivity contribution in [3.63, 3.8) is 0 Å². The van der Waals surface area contributed by atoms with Crippen LogP contribution in [0.3, 0.4) is 0 Å². The van der Waals surface area contributed by atoms with Gasteiger partial charge in [0.1, 0.15) is 5.75 Å². The SMILES string of the molecule is O=C(O)c1ccc(OCc2nc(C3CC3)no2)c(Br)c1. The highest BCUT2D eigenvalue weighted by atomic mass is 79.9. The summed E-state index contributed by atoms with van der Waals surface area (Å²) in [4.78, 5) is 15.1. The van der Waals surface area contributed by atoms with Gasteiger partial charge in [-0.05, 0) is 47.0 Å². The molecule has 1 aromatic carbocycles. The summed E-state index contributed by atoms with van der Waals surface area (Å²) in [5.74, 6) is 1.14. The summed E-state index contributed by atoms with van der Waals surface area (Å²) in [7, 11) is 0. The lowest BCUT2D eigenvalue weighted by atomic mass is 10.2. The number of rotatable bonds is 5. The molecule has 0 bridgehead atoms. The molecule has 1 N–H and O–H groups in total. The highest BCUT2D eigenvalue weighted by Crippen LogP contribution is 2.38. The molecule has 0 unspecified atom stereocenters. The van der Waals surface area contributed by atoms with Gasteiger partial charge in [0.05, 0.1) is 10.0 Å². The van der Waals surface area contributed by atoms with E-state index in [0.29, 0.717) is 22.0 Å². The van der Waals surface area contributed by atoms with Crippen LogP contribution in [0.5, 0.6) is 5.75 Å². The van der Waals surface area contributed by atoms with E-state index in [4.69, 9.17) is 14.4 Å². The van der Waals surface area contributed by atoms with Gasteiger partial charge >= 0.3 is 5.97 Å². The fourth-order valence-electron chi connectivity index (χ4n) is 1.72. The maximum atomic E-state index is 10.8. The van der Waals surface area contributed by atoms with Gasteiger partial charge in [-0.15, -0.1) is 0 Å². The lowest BCUT2D eigenvalue weighted by Crippen LogP contribution is -1.99. The molecule has 2 aromatic rings. The van der Waals surface area contributed by atoms with E-state index >= 15 is 0 Å². The van der Waals surface area contributed by atoms with Crippen molar-refractivity contribution in [1.82, 2.24) is 10.1 Å².